The van der Waals surface area contributed by atoms with Crippen molar-refractivity contribution in [3.8, 4) is 0 Å². The number of halogens is 3. The van der Waals surface area contributed by atoms with E-state index in [1.165, 1.54) is 16.7 Å². The van der Waals surface area contributed by atoms with Crippen LogP contribution >= 0.6 is 11.3 Å². The molecule has 1 fully saturated rings. The number of amides is 2. The van der Waals surface area contributed by atoms with Crippen LogP contribution < -0.4 is 0 Å². The first kappa shape index (κ1) is 19.6. The fraction of sp³-hybridized carbons (Fsp3) is 0.471. The van der Waals surface area contributed by atoms with E-state index in [-0.39, 0.29) is 32.1 Å². The van der Waals surface area contributed by atoms with E-state index in [1.807, 2.05) is 0 Å². The maximum Gasteiger partial charge on any atom is 0.424 e. The van der Waals surface area contributed by atoms with Crippen LogP contribution in [0.2, 0.25) is 0 Å². The van der Waals surface area contributed by atoms with Gasteiger partial charge in [0.15, 0.2) is 0 Å². The van der Waals surface area contributed by atoms with Gasteiger partial charge in [0.1, 0.15) is 5.01 Å². The lowest BCUT2D eigenvalue weighted by Crippen LogP contribution is -2.53. The third-order valence-corrected chi connectivity index (χ3v) is 5.79. The van der Waals surface area contributed by atoms with Crippen molar-refractivity contribution in [1.82, 2.24) is 14.8 Å². The lowest BCUT2D eigenvalue weighted by Gasteiger charge is -2.36. The minimum absolute atomic E-state index is 0.131. The van der Waals surface area contributed by atoms with Crippen molar-refractivity contribution in [2.24, 2.45) is 0 Å². The molecule has 0 bridgehead atoms. The highest BCUT2D eigenvalue weighted by Crippen LogP contribution is 2.44. The Morgan fingerprint density at radius 1 is 1.15 bits per heavy atom. The fourth-order valence-electron chi connectivity index (χ4n) is 2.95. The molecule has 146 valence electrons. The SMILES string of the molecule is CC(=O)N1CCN(C(=O)CC(O)(c2nc3ccccc3s2)C(F)(F)F)CC1. The second kappa shape index (κ2) is 7.08. The smallest absolute Gasteiger partial charge is 0.374 e. The normalized spacial score (nSPS) is 17.8. The summed E-state index contributed by atoms with van der Waals surface area (Å²) in [6.07, 6.45) is -6.20. The quantitative estimate of drug-likeness (QED) is 0.855. The summed E-state index contributed by atoms with van der Waals surface area (Å²) in [7, 11) is 0. The van der Waals surface area contributed by atoms with Crippen molar-refractivity contribution in [3.63, 3.8) is 0 Å². The minimum atomic E-state index is -5.06. The molecule has 1 unspecified atom stereocenters. The molecule has 1 aliphatic heterocycles. The predicted octanol–water partition coefficient (Wildman–Crippen LogP) is 2.13. The maximum atomic E-state index is 13.7. The van der Waals surface area contributed by atoms with Crippen molar-refractivity contribution >= 4 is 33.4 Å². The number of aromatic nitrogens is 1. The van der Waals surface area contributed by atoms with Crippen LogP contribution in [0.3, 0.4) is 0 Å². The van der Waals surface area contributed by atoms with Crippen LogP contribution in [0.25, 0.3) is 10.2 Å². The average molecular weight is 401 g/mol. The molecule has 6 nitrogen and oxygen atoms in total. The average Bonchev–Trinajstić information content (AvgIpc) is 3.05. The number of rotatable bonds is 3. The third kappa shape index (κ3) is 3.77. The number of nitrogens with zero attached hydrogens (tertiary/aromatic N) is 3. The Morgan fingerprint density at radius 2 is 1.74 bits per heavy atom. The van der Waals surface area contributed by atoms with Crippen LogP contribution in [-0.2, 0) is 15.2 Å². The number of aliphatic hydroxyl groups is 1. The van der Waals surface area contributed by atoms with Gasteiger partial charge in [0.25, 0.3) is 0 Å². The van der Waals surface area contributed by atoms with Crippen LogP contribution in [0.15, 0.2) is 24.3 Å². The van der Waals surface area contributed by atoms with Gasteiger partial charge in [-0.15, -0.1) is 11.3 Å². The van der Waals surface area contributed by atoms with Gasteiger partial charge in [0.05, 0.1) is 16.6 Å². The zero-order valence-electron chi connectivity index (χ0n) is 14.5. The highest BCUT2D eigenvalue weighted by molar-refractivity contribution is 7.18. The van der Waals surface area contributed by atoms with E-state index in [2.05, 4.69) is 4.98 Å². The highest BCUT2D eigenvalue weighted by atomic mass is 32.1. The molecule has 0 spiro atoms. The summed E-state index contributed by atoms with van der Waals surface area (Å²) in [6.45, 7) is 2.17. The van der Waals surface area contributed by atoms with E-state index in [4.69, 9.17) is 0 Å². The molecule has 27 heavy (non-hydrogen) atoms. The Morgan fingerprint density at radius 3 is 2.30 bits per heavy atom. The number of carbonyl (C=O) groups is 2. The van der Waals surface area contributed by atoms with Gasteiger partial charge in [-0.3, -0.25) is 9.59 Å². The number of carbonyl (C=O) groups excluding carboxylic acids is 2. The summed E-state index contributed by atoms with van der Waals surface area (Å²) in [6, 6.07) is 6.46. The van der Waals surface area contributed by atoms with Crippen LogP contribution in [0.5, 0.6) is 0 Å². The number of benzene rings is 1. The van der Waals surface area contributed by atoms with Crippen molar-refractivity contribution < 1.29 is 27.9 Å². The standard InChI is InChI=1S/C17H18F3N3O3S/c1-11(24)22-6-8-23(9-7-22)14(25)10-16(26,17(18,19)20)15-21-12-4-2-3-5-13(12)27-15/h2-5,26H,6-10H2,1H3. The topological polar surface area (TPSA) is 73.7 Å². The molecule has 2 aromatic rings. The molecular formula is C17H18F3N3O3S. The third-order valence-electron chi connectivity index (χ3n) is 4.60. The molecule has 1 aromatic carbocycles. The van der Waals surface area contributed by atoms with Gasteiger partial charge in [-0.05, 0) is 12.1 Å². The summed E-state index contributed by atoms with van der Waals surface area (Å²) in [5, 5.41) is 9.92. The number of thiazole rings is 1. The maximum absolute atomic E-state index is 13.7. The van der Waals surface area contributed by atoms with E-state index >= 15 is 0 Å². The minimum Gasteiger partial charge on any atom is -0.374 e. The van der Waals surface area contributed by atoms with E-state index in [0.29, 0.717) is 10.2 Å². The van der Waals surface area contributed by atoms with Crippen LogP contribution in [0, 0.1) is 0 Å². The Hall–Kier alpha value is -2.20. The molecule has 0 radical (unpaired) electrons. The second-order valence-electron chi connectivity index (χ2n) is 6.41. The van der Waals surface area contributed by atoms with E-state index in [0.717, 1.165) is 11.3 Å². The lowest BCUT2D eigenvalue weighted by molar-refractivity contribution is -0.268. The molecule has 3 rings (SSSR count). The molecule has 1 aliphatic rings. The van der Waals surface area contributed by atoms with Gasteiger partial charge in [0.2, 0.25) is 17.4 Å². The van der Waals surface area contributed by atoms with Gasteiger partial charge < -0.3 is 14.9 Å². The summed E-state index contributed by atoms with van der Waals surface area (Å²) in [5.74, 6) is -0.972. The van der Waals surface area contributed by atoms with Gasteiger partial charge >= 0.3 is 6.18 Å². The molecule has 1 atom stereocenters. The van der Waals surface area contributed by atoms with Crippen molar-refractivity contribution in [3.05, 3.63) is 29.3 Å². The van der Waals surface area contributed by atoms with Crippen LogP contribution in [0.4, 0.5) is 13.2 Å². The monoisotopic (exact) mass is 401 g/mol. The van der Waals surface area contributed by atoms with Crippen LogP contribution in [-0.4, -0.2) is 64.1 Å². The molecule has 0 saturated carbocycles. The number of piperazine rings is 1. The summed E-state index contributed by atoms with van der Waals surface area (Å²) in [5.41, 5.74) is -3.02. The first-order valence-electron chi connectivity index (χ1n) is 8.30. The molecule has 10 heteroatoms. The molecule has 2 amide bonds. The van der Waals surface area contributed by atoms with Crippen molar-refractivity contribution in [2.75, 3.05) is 26.2 Å². The Balaban J connectivity index is 1.83. The predicted molar refractivity (Wildman–Crippen MR) is 93.0 cm³/mol. The van der Waals surface area contributed by atoms with Gasteiger partial charge in [0, 0.05) is 33.1 Å². The Bertz CT molecular complexity index is 829. The largest absolute Gasteiger partial charge is 0.424 e. The summed E-state index contributed by atoms with van der Waals surface area (Å²) < 4.78 is 41.6. The number of alkyl halides is 3. The fourth-order valence-corrected chi connectivity index (χ4v) is 4.02. The second-order valence-corrected chi connectivity index (χ2v) is 7.44. The van der Waals surface area contributed by atoms with Gasteiger partial charge in [-0.1, -0.05) is 12.1 Å². The van der Waals surface area contributed by atoms with Gasteiger partial charge in [-0.25, -0.2) is 4.98 Å². The number of hydrogen-bond donors (Lipinski definition) is 1. The molecule has 0 aliphatic carbocycles. The Kier molecular flexibility index (Phi) is 5.13. The first-order valence-corrected chi connectivity index (χ1v) is 9.12. The molecule has 1 aromatic heterocycles. The van der Waals surface area contributed by atoms with Gasteiger partial charge in [-0.2, -0.15) is 13.2 Å². The Labute approximate surface area is 157 Å². The lowest BCUT2D eigenvalue weighted by atomic mass is 9.98. The first-order chi connectivity index (χ1) is 12.6. The number of fused-ring (bicyclic) bond motifs is 1. The summed E-state index contributed by atoms with van der Waals surface area (Å²) in [4.78, 5) is 30.5. The number of para-hydroxylation sites is 1. The zero-order valence-corrected chi connectivity index (χ0v) is 15.3. The van der Waals surface area contributed by atoms with Crippen LogP contribution in [0.1, 0.15) is 18.4 Å². The molecule has 1 N–H and O–H groups in total. The van der Waals surface area contributed by atoms with E-state index in [1.54, 1.807) is 24.3 Å². The summed E-state index contributed by atoms with van der Waals surface area (Å²) >= 11 is 0.719. The van der Waals surface area contributed by atoms with E-state index in [9.17, 15) is 27.9 Å². The molecular weight excluding hydrogens is 383 g/mol. The highest BCUT2D eigenvalue weighted by Gasteiger charge is 2.58. The van der Waals surface area contributed by atoms with Crippen molar-refractivity contribution in [2.45, 2.75) is 25.1 Å². The van der Waals surface area contributed by atoms with E-state index < -0.39 is 29.1 Å². The molecule has 1 saturated heterocycles. The zero-order chi connectivity index (χ0) is 19.8. The number of hydrogen-bond acceptors (Lipinski definition) is 5. The molecule has 2 heterocycles. The van der Waals surface area contributed by atoms with Crippen molar-refractivity contribution in [1.29, 1.82) is 0 Å².